The molecule has 8 nitrogen and oxygen atoms in total. The first-order valence-corrected chi connectivity index (χ1v) is 9.24. The summed E-state index contributed by atoms with van der Waals surface area (Å²) in [5.41, 5.74) is 2.45. The number of nitrogens with zero attached hydrogens (tertiary/aromatic N) is 2. The molecule has 0 aliphatic rings. The number of carbonyl (C=O) groups excluding carboxylic acids is 2. The van der Waals surface area contributed by atoms with Crippen molar-refractivity contribution in [2.45, 2.75) is 13.3 Å². The molecule has 9 heteroatoms. The van der Waals surface area contributed by atoms with Gasteiger partial charge in [0.05, 0.1) is 13.5 Å². The van der Waals surface area contributed by atoms with Gasteiger partial charge in [0.2, 0.25) is 11.0 Å². The van der Waals surface area contributed by atoms with Gasteiger partial charge in [0, 0.05) is 11.4 Å². The van der Waals surface area contributed by atoms with Gasteiger partial charge in [-0.05, 0) is 43.3 Å². The summed E-state index contributed by atoms with van der Waals surface area (Å²) < 4.78 is 5.07. The van der Waals surface area contributed by atoms with Gasteiger partial charge in [-0.2, -0.15) is 0 Å². The molecule has 3 aromatic rings. The van der Waals surface area contributed by atoms with Crippen molar-refractivity contribution < 1.29 is 14.3 Å². The maximum absolute atomic E-state index is 12.1. The smallest absolute Gasteiger partial charge is 0.325 e. The standard InChI is InChI=1S/C19H19N5O3S/c1-12-3-5-13(6-4-12)20-16(25)11-17-23-24-19(28-17)22-18(26)21-14-7-9-15(27-2)10-8-14/h3-10H,11H2,1-2H3,(H,20,25)(H2,21,22,24,26). The number of amides is 3. The van der Waals surface area contributed by atoms with E-state index in [-0.39, 0.29) is 12.3 Å². The molecule has 1 aromatic heterocycles. The van der Waals surface area contributed by atoms with Crippen molar-refractivity contribution in [3.63, 3.8) is 0 Å². The van der Waals surface area contributed by atoms with Crippen LogP contribution in [0.15, 0.2) is 48.5 Å². The van der Waals surface area contributed by atoms with E-state index in [1.807, 2.05) is 31.2 Å². The molecule has 0 atom stereocenters. The van der Waals surface area contributed by atoms with Gasteiger partial charge in [0.25, 0.3) is 0 Å². The summed E-state index contributed by atoms with van der Waals surface area (Å²) in [5.74, 6) is 0.498. The lowest BCUT2D eigenvalue weighted by Gasteiger charge is -2.06. The van der Waals surface area contributed by atoms with Crippen LogP contribution in [0.3, 0.4) is 0 Å². The fraction of sp³-hybridized carbons (Fsp3) is 0.158. The fourth-order valence-electron chi connectivity index (χ4n) is 2.29. The van der Waals surface area contributed by atoms with Gasteiger partial charge in [0.15, 0.2) is 0 Å². The van der Waals surface area contributed by atoms with E-state index in [2.05, 4.69) is 26.1 Å². The summed E-state index contributed by atoms with van der Waals surface area (Å²) in [4.78, 5) is 24.2. The Morgan fingerprint density at radius 2 is 1.57 bits per heavy atom. The zero-order chi connectivity index (χ0) is 19.9. The van der Waals surface area contributed by atoms with E-state index >= 15 is 0 Å². The summed E-state index contributed by atoms with van der Waals surface area (Å²) in [6.45, 7) is 1.98. The van der Waals surface area contributed by atoms with Gasteiger partial charge < -0.3 is 15.4 Å². The van der Waals surface area contributed by atoms with Gasteiger partial charge in [-0.1, -0.05) is 29.0 Å². The Bertz CT molecular complexity index is 954. The largest absolute Gasteiger partial charge is 0.497 e. The van der Waals surface area contributed by atoms with Crippen LogP contribution >= 0.6 is 11.3 Å². The maximum Gasteiger partial charge on any atom is 0.325 e. The number of ether oxygens (including phenoxy) is 1. The van der Waals surface area contributed by atoms with E-state index in [9.17, 15) is 9.59 Å². The van der Waals surface area contributed by atoms with Crippen LogP contribution in [0.4, 0.5) is 21.3 Å². The van der Waals surface area contributed by atoms with Crippen molar-refractivity contribution >= 4 is 39.8 Å². The van der Waals surface area contributed by atoms with Gasteiger partial charge in [-0.25, -0.2) is 4.79 Å². The minimum atomic E-state index is -0.447. The van der Waals surface area contributed by atoms with E-state index in [1.165, 1.54) is 0 Å². The van der Waals surface area contributed by atoms with Crippen LogP contribution in [0.25, 0.3) is 0 Å². The van der Waals surface area contributed by atoms with E-state index in [0.717, 1.165) is 22.6 Å². The lowest BCUT2D eigenvalue weighted by molar-refractivity contribution is -0.115. The van der Waals surface area contributed by atoms with Gasteiger partial charge >= 0.3 is 6.03 Å². The molecule has 0 spiro atoms. The van der Waals surface area contributed by atoms with Crippen molar-refractivity contribution in [2.24, 2.45) is 0 Å². The molecule has 2 aromatic carbocycles. The number of nitrogens with one attached hydrogen (secondary N) is 3. The SMILES string of the molecule is COc1ccc(NC(=O)Nc2nnc(CC(=O)Nc3ccc(C)cc3)s2)cc1. The summed E-state index contributed by atoms with van der Waals surface area (Å²) in [6, 6.07) is 14.0. The molecule has 3 N–H and O–H groups in total. The zero-order valence-corrected chi connectivity index (χ0v) is 16.2. The van der Waals surface area contributed by atoms with E-state index in [4.69, 9.17) is 4.74 Å². The second-order valence-electron chi connectivity index (χ2n) is 5.90. The van der Waals surface area contributed by atoms with Crippen molar-refractivity contribution in [3.8, 4) is 5.75 Å². The number of methoxy groups -OCH3 is 1. The molecular formula is C19H19N5O3S. The first-order chi connectivity index (χ1) is 13.5. The minimum absolute atomic E-state index is 0.0767. The highest BCUT2D eigenvalue weighted by Gasteiger charge is 2.12. The molecule has 0 aliphatic heterocycles. The highest BCUT2D eigenvalue weighted by molar-refractivity contribution is 7.15. The van der Waals surface area contributed by atoms with Gasteiger partial charge in [-0.15, -0.1) is 10.2 Å². The molecule has 3 amide bonds. The van der Waals surface area contributed by atoms with Crippen LogP contribution in [-0.4, -0.2) is 29.2 Å². The number of rotatable bonds is 6. The monoisotopic (exact) mass is 397 g/mol. The number of hydrogen-bond acceptors (Lipinski definition) is 6. The highest BCUT2D eigenvalue weighted by atomic mass is 32.1. The number of anilines is 3. The van der Waals surface area contributed by atoms with E-state index in [1.54, 1.807) is 31.4 Å². The second kappa shape index (κ2) is 8.96. The predicted molar refractivity (Wildman–Crippen MR) is 109 cm³/mol. The molecular weight excluding hydrogens is 378 g/mol. The average molecular weight is 397 g/mol. The van der Waals surface area contributed by atoms with Gasteiger partial charge in [0.1, 0.15) is 10.8 Å². The number of urea groups is 1. The Hall–Kier alpha value is -3.46. The number of aryl methyl sites for hydroxylation is 1. The van der Waals surface area contributed by atoms with Crippen LogP contribution < -0.4 is 20.7 Å². The molecule has 0 aliphatic carbocycles. The Morgan fingerprint density at radius 1 is 0.929 bits per heavy atom. The number of benzene rings is 2. The van der Waals surface area contributed by atoms with Crippen molar-refractivity contribution in [3.05, 3.63) is 59.1 Å². The first kappa shape index (κ1) is 19.3. The Kier molecular flexibility index (Phi) is 6.18. The predicted octanol–water partition coefficient (Wildman–Crippen LogP) is 3.68. The Balaban J connectivity index is 1.50. The average Bonchev–Trinajstić information content (AvgIpc) is 3.10. The van der Waals surface area contributed by atoms with Crippen LogP contribution in [0, 0.1) is 6.92 Å². The van der Waals surface area contributed by atoms with Crippen molar-refractivity contribution in [1.82, 2.24) is 10.2 Å². The molecule has 3 rings (SSSR count). The van der Waals surface area contributed by atoms with Crippen LogP contribution in [0.2, 0.25) is 0 Å². The number of hydrogen-bond donors (Lipinski definition) is 3. The molecule has 0 fully saturated rings. The molecule has 144 valence electrons. The third kappa shape index (κ3) is 5.52. The summed E-state index contributed by atoms with van der Waals surface area (Å²) in [6.07, 6.45) is 0.0767. The molecule has 0 radical (unpaired) electrons. The summed E-state index contributed by atoms with van der Waals surface area (Å²) in [5, 5.41) is 16.7. The van der Waals surface area contributed by atoms with Crippen LogP contribution in [0.5, 0.6) is 5.75 Å². The minimum Gasteiger partial charge on any atom is -0.497 e. The van der Waals surface area contributed by atoms with E-state index in [0.29, 0.717) is 21.6 Å². The third-order valence-electron chi connectivity index (χ3n) is 3.68. The first-order valence-electron chi connectivity index (χ1n) is 8.43. The topological polar surface area (TPSA) is 105 Å². The fourth-order valence-corrected chi connectivity index (χ4v) is 3.02. The second-order valence-corrected chi connectivity index (χ2v) is 6.96. The molecule has 1 heterocycles. The van der Waals surface area contributed by atoms with E-state index < -0.39 is 6.03 Å². The lowest BCUT2D eigenvalue weighted by atomic mass is 10.2. The quantitative estimate of drug-likeness (QED) is 0.588. The number of carbonyl (C=O) groups is 2. The molecule has 0 bridgehead atoms. The summed E-state index contributed by atoms with van der Waals surface area (Å²) >= 11 is 1.14. The number of aromatic nitrogens is 2. The Morgan fingerprint density at radius 3 is 2.25 bits per heavy atom. The van der Waals surface area contributed by atoms with Crippen molar-refractivity contribution in [1.29, 1.82) is 0 Å². The normalized spacial score (nSPS) is 10.2. The summed E-state index contributed by atoms with van der Waals surface area (Å²) in [7, 11) is 1.57. The molecule has 0 unspecified atom stereocenters. The van der Waals surface area contributed by atoms with Crippen LogP contribution in [-0.2, 0) is 11.2 Å². The maximum atomic E-state index is 12.1. The molecule has 0 saturated carbocycles. The highest BCUT2D eigenvalue weighted by Crippen LogP contribution is 2.18. The van der Waals surface area contributed by atoms with Crippen LogP contribution in [0.1, 0.15) is 10.6 Å². The molecule has 0 saturated heterocycles. The van der Waals surface area contributed by atoms with Gasteiger partial charge in [-0.3, -0.25) is 10.1 Å². The lowest BCUT2D eigenvalue weighted by Crippen LogP contribution is -2.19. The Labute approximate surface area is 166 Å². The van der Waals surface area contributed by atoms with Crippen molar-refractivity contribution in [2.75, 3.05) is 23.1 Å². The zero-order valence-electron chi connectivity index (χ0n) is 15.4. The molecule has 28 heavy (non-hydrogen) atoms. The third-order valence-corrected chi connectivity index (χ3v) is 4.52.